The molecule has 3 rings (SSSR count). The molecule has 28 heavy (non-hydrogen) atoms. The van der Waals surface area contributed by atoms with Crippen molar-refractivity contribution in [1.82, 2.24) is 19.2 Å². The number of hydrogen-bond acceptors (Lipinski definition) is 5. The molecule has 150 valence electrons. The second-order valence-electron chi connectivity index (χ2n) is 6.14. The molecule has 0 saturated heterocycles. The summed E-state index contributed by atoms with van der Waals surface area (Å²) in [7, 11) is 0. The van der Waals surface area contributed by atoms with Gasteiger partial charge in [-0.3, -0.25) is 4.79 Å². The molecule has 1 N–H and O–H groups in total. The summed E-state index contributed by atoms with van der Waals surface area (Å²) in [5.74, 6) is -2.24. The van der Waals surface area contributed by atoms with E-state index in [0.717, 1.165) is 6.07 Å². The molecule has 0 radical (unpaired) electrons. The number of aliphatic hydroxyl groups is 1. The van der Waals surface area contributed by atoms with Crippen molar-refractivity contribution in [1.29, 1.82) is 0 Å². The van der Waals surface area contributed by atoms with Crippen LogP contribution in [0.3, 0.4) is 0 Å². The van der Waals surface area contributed by atoms with Gasteiger partial charge in [-0.1, -0.05) is 18.2 Å². The van der Waals surface area contributed by atoms with Crippen LogP contribution in [0.2, 0.25) is 0 Å². The van der Waals surface area contributed by atoms with Gasteiger partial charge in [0.15, 0.2) is 0 Å². The molecule has 0 amide bonds. The zero-order chi connectivity index (χ0) is 20.5. The Hall–Kier alpha value is -2.79. The molecule has 0 aliphatic rings. The van der Waals surface area contributed by atoms with Crippen LogP contribution in [-0.4, -0.2) is 37.0 Å². The third-order valence-corrected chi connectivity index (χ3v) is 3.97. The lowest BCUT2D eigenvalue weighted by Crippen LogP contribution is -2.27. The van der Waals surface area contributed by atoms with Crippen molar-refractivity contribution in [3.8, 4) is 0 Å². The fraction of sp³-hybridized carbons (Fsp3) is 0.353. The largest absolute Gasteiger partial charge is 0.453 e. The standard InChI is InChI=1S/C17H16F4N4O3/c1-10-6-14(27)25-16(22-15(23-25)17(19,20)21)24(10)7-12(26)9-28-8-11-4-2-3-5-13(11)18/h2-6,12,26H,7-9H2,1H3/t12-/m0/s1. The second-order valence-corrected chi connectivity index (χ2v) is 6.14. The summed E-state index contributed by atoms with van der Waals surface area (Å²) < 4.78 is 59.2. The Morgan fingerprint density at radius 3 is 2.68 bits per heavy atom. The van der Waals surface area contributed by atoms with Gasteiger partial charge in [0.05, 0.1) is 25.9 Å². The highest BCUT2D eigenvalue weighted by molar-refractivity contribution is 5.31. The van der Waals surface area contributed by atoms with Crippen LogP contribution >= 0.6 is 0 Å². The molecule has 0 fully saturated rings. The second kappa shape index (κ2) is 7.68. The average molecular weight is 400 g/mol. The Morgan fingerprint density at radius 2 is 2.00 bits per heavy atom. The van der Waals surface area contributed by atoms with Crippen LogP contribution in [-0.2, 0) is 24.1 Å². The number of aryl methyl sites for hydroxylation is 1. The van der Waals surface area contributed by atoms with Gasteiger partial charge in [-0.25, -0.2) is 4.39 Å². The molecule has 2 heterocycles. The zero-order valence-corrected chi connectivity index (χ0v) is 14.6. The topological polar surface area (TPSA) is 81.7 Å². The van der Waals surface area contributed by atoms with Gasteiger partial charge in [-0.2, -0.15) is 22.7 Å². The van der Waals surface area contributed by atoms with Gasteiger partial charge in [0, 0.05) is 17.3 Å². The van der Waals surface area contributed by atoms with Crippen molar-refractivity contribution in [2.45, 2.75) is 32.4 Å². The van der Waals surface area contributed by atoms with E-state index in [1.807, 2.05) is 0 Å². The molecule has 2 aromatic heterocycles. The maximum atomic E-state index is 13.5. The molecule has 0 saturated carbocycles. The quantitative estimate of drug-likeness (QED) is 0.640. The van der Waals surface area contributed by atoms with Gasteiger partial charge in [0.25, 0.3) is 11.4 Å². The van der Waals surface area contributed by atoms with E-state index in [4.69, 9.17) is 4.74 Å². The summed E-state index contributed by atoms with van der Waals surface area (Å²) in [6.07, 6.45) is -5.95. The molecule has 1 aromatic carbocycles. The van der Waals surface area contributed by atoms with Gasteiger partial charge >= 0.3 is 6.18 Å². The third-order valence-electron chi connectivity index (χ3n) is 3.97. The molecule has 7 nitrogen and oxygen atoms in total. The molecule has 0 bridgehead atoms. The summed E-state index contributed by atoms with van der Waals surface area (Å²) in [6.45, 7) is 1.02. The molecular weight excluding hydrogens is 384 g/mol. The highest BCUT2D eigenvalue weighted by Gasteiger charge is 2.37. The first-order valence-electron chi connectivity index (χ1n) is 8.20. The number of aliphatic hydroxyl groups excluding tert-OH is 1. The van der Waals surface area contributed by atoms with Crippen LogP contribution in [0.1, 0.15) is 17.1 Å². The van der Waals surface area contributed by atoms with Crippen LogP contribution in [0, 0.1) is 12.7 Å². The number of ether oxygens (including phenoxy) is 1. The molecule has 3 aromatic rings. The minimum Gasteiger partial charge on any atom is -0.389 e. The predicted molar refractivity (Wildman–Crippen MR) is 89.0 cm³/mol. The number of hydrogen-bond donors (Lipinski definition) is 1. The van der Waals surface area contributed by atoms with Gasteiger partial charge in [0.2, 0.25) is 5.78 Å². The van der Waals surface area contributed by atoms with Crippen molar-refractivity contribution >= 4 is 5.78 Å². The SMILES string of the molecule is Cc1cc(=O)n2nc(C(F)(F)F)nc2n1C[C@H](O)COCc1ccccc1F. The number of aromatic nitrogens is 4. The fourth-order valence-corrected chi connectivity index (χ4v) is 2.63. The van der Waals surface area contributed by atoms with Crippen molar-refractivity contribution < 1.29 is 27.4 Å². The average Bonchev–Trinajstić information content (AvgIpc) is 3.06. The van der Waals surface area contributed by atoms with Gasteiger partial charge < -0.3 is 14.4 Å². The molecule has 1 atom stereocenters. The van der Waals surface area contributed by atoms with Crippen molar-refractivity contribution in [2.24, 2.45) is 0 Å². The lowest BCUT2D eigenvalue weighted by Gasteiger charge is -2.16. The van der Waals surface area contributed by atoms with E-state index >= 15 is 0 Å². The molecule has 0 spiro atoms. The lowest BCUT2D eigenvalue weighted by atomic mass is 10.2. The normalized spacial score (nSPS) is 13.2. The Balaban J connectivity index is 1.76. The summed E-state index contributed by atoms with van der Waals surface area (Å²) >= 11 is 0. The van der Waals surface area contributed by atoms with Crippen LogP contribution < -0.4 is 5.56 Å². The molecular formula is C17H16F4N4O3. The summed E-state index contributed by atoms with van der Waals surface area (Å²) in [5, 5.41) is 13.4. The van der Waals surface area contributed by atoms with E-state index in [1.165, 1.54) is 29.7 Å². The van der Waals surface area contributed by atoms with Crippen LogP contribution in [0.5, 0.6) is 0 Å². The van der Waals surface area contributed by atoms with Crippen LogP contribution in [0.15, 0.2) is 35.1 Å². The van der Waals surface area contributed by atoms with E-state index < -0.39 is 29.5 Å². The van der Waals surface area contributed by atoms with E-state index in [9.17, 15) is 27.5 Å². The summed E-state index contributed by atoms with van der Waals surface area (Å²) in [4.78, 5) is 15.3. The number of rotatable bonds is 6. The minimum atomic E-state index is -4.81. The maximum Gasteiger partial charge on any atom is 0.453 e. The van der Waals surface area contributed by atoms with E-state index in [2.05, 4.69) is 10.1 Å². The molecule has 0 unspecified atom stereocenters. The monoisotopic (exact) mass is 400 g/mol. The first-order valence-corrected chi connectivity index (χ1v) is 8.20. The summed E-state index contributed by atoms with van der Waals surface area (Å²) in [6, 6.07) is 7.08. The first kappa shape index (κ1) is 20.0. The molecule has 11 heteroatoms. The number of fused-ring (bicyclic) bond motifs is 1. The Morgan fingerprint density at radius 1 is 1.29 bits per heavy atom. The number of halogens is 4. The van der Waals surface area contributed by atoms with Gasteiger partial charge in [0.1, 0.15) is 5.82 Å². The first-order chi connectivity index (χ1) is 13.2. The van der Waals surface area contributed by atoms with Crippen molar-refractivity contribution in [2.75, 3.05) is 6.61 Å². The highest BCUT2D eigenvalue weighted by atomic mass is 19.4. The maximum absolute atomic E-state index is 13.5. The van der Waals surface area contributed by atoms with Gasteiger partial charge in [-0.15, -0.1) is 5.10 Å². The third kappa shape index (κ3) is 4.20. The van der Waals surface area contributed by atoms with Crippen molar-refractivity contribution in [3.05, 3.63) is 63.6 Å². The fourth-order valence-electron chi connectivity index (χ4n) is 2.63. The summed E-state index contributed by atoms with van der Waals surface area (Å²) in [5.41, 5.74) is -0.160. The lowest BCUT2D eigenvalue weighted by molar-refractivity contribution is -0.144. The Kier molecular flexibility index (Phi) is 5.47. The highest BCUT2D eigenvalue weighted by Crippen LogP contribution is 2.26. The van der Waals surface area contributed by atoms with E-state index in [0.29, 0.717) is 15.8 Å². The Bertz CT molecular complexity index is 1050. The van der Waals surface area contributed by atoms with E-state index in [-0.39, 0.29) is 25.5 Å². The van der Waals surface area contributed by atoms with E-state index in [1.54, 1.807) is 6.07 Å². The molecule has 0 aliphatic heterocycles. The minimum absolute atomic E-state index is 0.0779. The molecule has 0 aliphatic carbocycles. The number of alkyl halides is 3. The number of nitrogens with zero attached hydrogens (tertiary/aromatic N) is 4. The predicted octanol–water partition coefficient (Wildman–Crippen LogP) is 1.94. The van der Waals surface area contributed by atoms with Crippen LogP contribution in [0.25, 0.3) is 5.78 Å². The van der Waals surface area contributed by atoms with Crippen LogP contribution in [0.4, 0.5) is 17.6 Å². The smallest absolute Gasteiger partial charge is 0.389 e. The Labute approximate surface area is 155 Å². The van der Waals surface area contributed by atoms with Crippen molar-refractivity contribution in [3.63, 3.8) is 0 Å². The zero-order valence-electron chi connectivity index (χ0n) is 14.6. The van der Waals surface area contributed by atoms with Gasteiger partial charge in [-0.05, 0) is 13.0 Å². The number of benzene rings is 1.